The predicted octanol–water partition coefficient (Wildman–Crippen LogP) is 1.07. The number of hydrogen-bond acceptors (Lipinski definition) is 11. The van der Waals surface area contributed by atoms with E-state index in [2.05, 4.69) is 0 Å². The number of aliphatic hydroxyl groups is 4. The number of phenolic OH excluding ortho intramolecular Hbond substituents is 1. The first kappa shape index (κ1) is 28.0. The van der Waals surface area contributed by atoms with E-state index in [4.69, 9.17) is 5.73 Å². The van der Waals surface area contributed by atoms with Crippen molar-refractivity contribution in [2.75, 3.05) is 14.1 Å². The van der Waals surface area contributed by atoms with Crippen LogP contribution in [0.3, 0.4) is 0 Å². The fourth-order valence-corrected chi connectivity index (χ4v) is 6.61. The lowest BCUT2D eigenvalue weighted by Gasteiger charge is -2.53. The molecule has 214 valence electrons. The quantitative estimate of drug-likeness (QED) is 0.175. The van der Waals surface area contributed by atoms with Gasteiger partial charge in [0.05, 0.1) is 28.6 Å². The number of carbonyl (C=O) groups excluding carboxylic acids is 3. The number of Topliss-reactive ketones (excluding diaryl/α,β-unsaturated/α-hetero) is 2. The van der Waals surface area contributed by atoms with Crippen molar-refractivity contribution < 1.29 is 44.8 Å². The van der Waals surface area contributed by atoms with Crippen LogP contribution in [0.15, 0.2) is 53.3 Å². The van der Waals surface area contributed by atoms with Gasteiger partial charge in [0.2, 0.25) is 5.78 Å². The fourth-order valence-electron chi connectivity index (χ4n) is 6.61. The highest BCUT2D eigenvalue weighted by molar-refractivity contribution is 6.24. The molecule has 3 aliphatic carbocycles. The zero-order chi connectivity index (χ0) is 30.3. The maximum Gasteiger partial charge on any atom is 0.269 e. The molecule has 2 aromatic carbocycles. The Morgan fingerprint density at radius 3 is 2.22 bits per heavy atom. The molecule has 41 heavy (non-hydrogen) atoms. The number of nitrogens with two attached hydrogens (primary N) is 1. The van der Waals surface area contributed by atoms with Gasteiger partial charge in [0.15, 0.2) is 11.4 Å². The minimum atomic E-state index is -3.00. The first-order valence-corrected chi connectivity index (χ1v) is 12.6. The Morgan fingerprint density at radius 1 is 1.07 bits per heavy atom. The van der Waals surface area contributed by atoms with E-state index in [-0.39, 0.29) is 16.8 Å². The van der Waals surface area contributed by atoms with Crippen molar-refractivity contribution in [2.45, 2.75) is 30.6 Å². The molecule has 7 N–H and O–H groups in total. The Hall–Kier alpha value is -4.59. The van der Waals surface area contributed by atoms with E-state index in [1.807, 2.05) is 0 Å². The molecule has 2 aromatic rings. The number of phenols is 1. The van der Waals surface area contributed by atoms with Crippen molar-refractivity contribution in [3.63, 3.8) is 0 Å². The van der Waals surface area contributed by atoms with Crippen LogP contribution in [0.25, 0.3) is 16.9 Å². The normalized spacial score (nSPS) is 29.3. The number of primary amides is 1. The van der Waals surface area contributed by atoms with E-state index in [1.54, 1.807) is 13.0 Å². The molecule has 0 aliphatic heterocycles. The van der Waals surface area contributed by atoms with Gasteiger partial charge in [0, 0.05) is 29.2 Å². The van der Waals surface area contributed by atoms with Crippen LogP contribution in [0, 0.1) is 22.0 Å². The van der Waals surface area contributed by atoms with E-state index >= 15 is 0 Å². The minimum Gasteiger partial charge on any atom is -0.508 e. The molecule has 0 saturated heterocycles. The van der Waals surface area contributed by atoms with Crippen LogP contribution in [-0.4, -0.2) is 84.7 Å². The van der Waals surface area contributed by atoms with E-state index in [9.17, 15) is 50.0 Å². The molecule has 6 atom stereocenters. The van der Waals surface area contributed by atoms with E-state index in [1.165, 1.54) is 49.3 Å². The van der Waals surface area contributed by atoms with E-state index in [0.29, 0.717) is 11.1 Å². The van der Waals surface area contributed by atoms with E-state index < -0.39 is 86.3 Å². The second kappa shape index (κ2) is 9.23. The van der Waals surface area contributed by atoms with Gasteiger partial charge < -0.3 is 31.3 Å². The number of nitro groups is 1. The van der Waals surface area contributed by atoms with Gasteiger partial charge in [-0.2, -0.15) is 0 Å². The van der Waals surface area contributed by atoms with Gasteiger partial charge >= 0.3 is 0 Å². The lowest BCUT2D eigenvalue weighted by atomic mass is 9.54. The first-order valence-electron chi connectivity index (χ1n) is 12.6. The van der Waals surface area contributed by atoms with Crippen LogP contribution in [0.2, 0.25) is 0 Å². The Kier molecular flexibility index (Phi) is 6.29. The molecule has 1 saturated carbocycles. The Labute approximate surface area is 232 Å². The molecular weight excluding hydrogens is 538 g/mol. The van der Waals surface area contributed by atoms with Crippen molar-refractivity contribution in [3.8, 4) is 16.9 Å². The van der Waals surface area contributed by atoms with Crippen LogP contribution >= 0.6 is 0 Å². The monoisotopic (exact) mass is 565 g/mol. The summed E-state index contributed by atoms with van der Waals surface area (Å²) < 4.78 is 0. The third kappa shape index (κ3) is 3.63. The van der Waals surface area contributed by atoms with Crippen molar-refractivity contribution in [1.29, 1.82) is 0 Å². The highest BCUT2D eigenvalue weighted by Gasteiger charge is 2.68. The average molecular weight is 566 g/mol. The number of benzene rings is 2. The molecule has 1 fully saturated rings. The maximum atomic E-state index is 14.0. The number of hydrogen-bond donors (Lipinski definition) is 6. The number of rotatable bonds is 4. The topological polar surface area (TPSA) is 225 Å². The lowest BCUT2D eigenvalue weighted by Crippen LogP contribution is -2.70. The van der Waals surface area contributed by atoms with Crippen molar-refractivity contribution in [3.05, 3.63) is 74.5 Å². The third-order valence-electron chi connectivity index (χ3n) is 8.52. The van der Waals surface area contributed by atoms with Crippen molar-refractivity contribution in [1.82, 2.24) is 4.90 Å². The van der Waals surface area contributed by atoms with Gasteiger partial charge in [0.25, 0.3) is 11.6 Å². The summed E-state index contributed by atoms with van der Waals surface area (Å²) in [7, 11) is 2.86. The number of nitro benzene ring substituents is 1. The molecule has 0 heterocycles. The Morgan fingerprint density at radius 2 is 1.68 bits per heavy atom. The molecule has 5 rings (SSSR count). The van der Waals surface area contributed by atoms with Crippen LogP contribution in [0.1, 0.15) is 24.0 Å². The summed E-state index contributed by atoms with van der Waals surface area (Å²) in [5, 5.41) is 68.1. The maximum absolute atomic E-state index is 14.0. The average Bonchev–Trinajstić information content (AvgIpc) is 2.90. The molecule has 0 radical (unpaired) electrons. The van der Waals surface area contributed by atoms with Gasteiger partial charge in [-0.3, -0.25) is 29.4 Å². The first-order chi connectivity index (χ1) is 19.2. The summed E-state index contributed by atoms with van der Waals surface area (Å²) >= 11 is 0. The molecular formula is C28H27N3O10. The number of aromatic hydroxyl groups is 1. The molecule has 13 nitrogen and oxygen atoms in total. The fraction of sp³-hybridized carbons (Fsp3) is 0.321. The van der Waals surface area contributed by atoms with Gasteiger partial charge in [-0.15, -0.1) is 0 Å². The summed E-state index contributed by atoms with van der Waals surface area (Å²) in [5.41, 5.74) is 1.35. The van der Waals surface area contributed by atoms with Gasteiger partial charge in [0.1, 0.15) is 22.8 Å². The zero-order valence-electron chi connectivity index (χ0n) is 22.1. The smallest absolute Gasteiger partial charge is 0.269 e. The number of fused-ring (bicyclic) bond motifs is 3. The van der Waals surface area contributed by atoms with Crippen molar-refractivity contribution in [2.24, 2.45) is 17.6 Å². The number of aliphatic hydroxyl groups excluding tert-OH is 3. The molecule has 0 aromatic heterocycles. The standard InChI is InChI=1S/C28H27N3O10/c1-10-13-8-9-14(11-4-6-12(7-5-11)31(40)41)21(32)16(13)22(33)17-15(10)23(34)19-20(30(2)3)24(35)18(27(29)38)26(37)28(19,39)25(17)36/h4-10,15,19-20,23,32-34,37,39H,1-3H3,(H2,29,38)/t10-,15+,19+,20-,23-,28-/m0/s1. The molecule has 3 aliphatic rings. The van der Waals surface area contributed by atoms with Crippen LogP contribution in [-0.2, 0) is 14.4 Å². The SMILES string of the molecule is C[C@H]1c2ccc(-c3ccc([N+](=O)[O-])cc3)c(O)c2C(O)=C2C(=O)[C@]3(O)C(O)=C(C(N)=O)C(=O)[C@@H](N(C)C)[C@@H]3[C@@H](O)[C@@H]21. The number of ketones is 2. The highest BCUT2D eigenvalue weighted by Crippen LogP contribution is 2.56. The molecule has 0 spiro atoms. The lowest BCUT2D eigenvalue weighted by molar-refractivity contribution is -0.384. The molecule has 13 heteroatoms. The van der Waals surface area contributed by atoms with Crippen LogP contribution in [0.5, 0.6) is 5.75 Å². The molecule has 0 bridgehead atoms. The minimum absolute atomic E-state index is 0.170. The number of likely N-dealkylation sites (N-methyl/N-ethyl adjacent to an activating group) is 1. The predicted molar refractivity (Wildman–Crippen MR) is 142 cm³/mol. The number of carbonyl (C=O) groups is 3. The Balaban J connectivity index is 1.75. The molecule has 1 amide bonds. The second-order valence-electron chi connectivity index (χ2n) is 10.8. The van der Waals surface area contributed by atoms with Crippen LogP contribution in [0.4, 0.5) is 5.69 Å². The second-order valence-corrected chi connectivity index (χ2v) is 10.8. The largest absolute Gasteiger partial charge is 0.508 e. The highest BCUT2D eigenvalue weighted by atomic mass is 16.6. The van der Waals surface area contributed by atoms with Gasteiger partial charge in [-0.05, 0) is 43.3 Å². The number of nitrogens with zero attached hydrogens (tertiary/aromatic N) is 2. The molecule has 0 unspecified atom stereocenters. The summed E-state index contributed by atoms with van der Waals surface area (Å²) in [6.07, 6.45) is -1.69. The number of amides is 1. The Bertz CT molecular complexity index is 1610. The summed E-state index contributed by atoms with van der Waals surface area (Å²) in [5.74, 6) is -9.75. The summed E-state index contributed by atoms with van der Waals surface area (Å²) in [6.45, 7) is 1.63. The third-order valence-corrected chi connectivity index (χ3v) is 8.52. The van der Waals surface area contributed by atoms with Gasteiger partial charge in [-0.25, -0.2) is 0 Å². The summed E-state index contributed by atoms with van der Waals surface area (Å²) in [4.78, 5) is 51.2. The van der Waals surface area contributed by atoms with Crippen LogP contribution < -0.4 is 5.73 Å². The van der Waals surface area contributed by atoms with Gasteiger partial charge in [-0.1, -0.05) is 19.1 Å². The van der Waals surface area contributed by atoms with Crippen molar-refractivity contribution >= 4 is 28.9 Å². The number of non-ortho nitro benzene ring substituents is 1. The zero-order valence-corrected chi connectivity index (χ0v) is 22.1. The summed E-state index contributed by atoms with van der Waals surface area (Å²) in [6, 6.07) is 6.93. The van der Waals surface area contributed by atoms with E-state index in [0.717, 1.165) is 0 Å².